The van der Waals surface area contributed by atoms with E-state index < -0.39 is 0 Å². The van der Waals surface area contributed by atoms with Gasteiger partial charge in [0.2, 0.25) is 0 Å². The lowest BCUT2D eigenvalue weighted by molar-refractivity contribution is 0.423. The Balaban J connectivity index is 1.91. The SMILES string of the molecule is C/C(=C1/c2ccnc(C)c21)C1CCCNC1. The van der Waals surface area contributed by atoms with E-state index >= 15 is 0 Å². The summed E-state index contributed by atoms with van der Waals surface area (Å²) in [6.45, 7) is 6.74. The standard InChI is InChI=1S/C14H18N2/c1-9(11-4-3-6-15-8-11)13-12-5-7-16-10(2)14(12)13/h5,7,11,15H,3-4,6,8H2,1-2H3/b13-9+. The Morgan fingerprint density at radius 3 is 3.06 bits per heavy atom. The van der Waals surface area contributed by atoms with Crippen molar-refractivity contribution >= 4 is 5.57 Å². The second kappa shape index (κ2) is 3.70. The maximum Gasteiger partial charge on any atom is 0.0457 e. The second-order valence-electron chi connectivity index (χ2n) is 4.92. The van der Waals surface area contributed by atoms with Gasteiger partial charge in [-0.3, -0.25) is 4.98 Å². The van der Waals surface area contributed by atoms with Crippen molar-refractivity contribution in [2.24, 2.45) is 5.92 Å². The summed E-state index contributed by atoms with van der Waals surface area (Å²) < 4.78 is 0. The molecule has 2 nitrogen and oxygen atoms in total. The smallest absolute Gasteiger partial charge is 0.0457 e. The van der Waals surface area contributed by atoms with Crippen molar-refractivity contribution in [3.05, 3.63) is 34.7 Å². The van der Waals surface area contributed by atoms with E-state index in [0.29, 0.717) is 0 Å². The molecule has 1 unspecified atom stereocenters. The van der Waals surface area contributed by atoms with Crippen molar-refractivity contribution in [1.29, 1.82) is 0 Å². The molecule has 1 N–H and O–H groups in total. The van der Waals surface area contributed by atoms with Gasteiger partial charge in [-0.25, -0.2) is 0 Å². The molecule has 0 spiro atoms. The normalized spacial score (nSPS) is 26.2. The summed E-state index contributed by atoms with van der Waals surface area (Å²) >= 11 is 0. The number of fused-ring (bicyclic) bond motifs is 1. The Morgan fingerprint density at radius 1 is 1.50 bits per heavy atom. The third kappa shape index (κ3) is 1.49. The van der Waals surface area contributed by atoms with Crippen molar-refractivity contribution in [2.45, 2.75) is 26.7 Å². The molecule has 16 heavy (non-hydrogen) atoms. The molecule has 0 radical (unpaired) electrons. The molecule has 1 atom stereocenters. The fourth-order valence-electron chi connectivity index (χ4n) is 2.87. The van der Waals surface area contributed by atoms with Crippen LogP contribution in [0, 0.1) is 12.8 Å². The molecule has 0 amide bonds. The topological polar surface area (TPSA) is 24.9 Å². The first kappa shape index (κ1) is 10.0. The zero-order valence-corrected chi connectivity index (χ0v) is 10.0. The van der Waals surface area contributed by atoms with Crippen LogP contribution < -0.4 is 5.32 Å². The minimum atomic E-state index is 0.732. The van der Waals surface area contributed by atoms with E-state index in [0.717, 1.165) is 12.5 Å². The van der Waals surface area contributed by atoms with Gasteiger partial charge >= 0.3 is 0 Å². The molecule has 2 heteroatoms. The van der Waals surface area contributed by atoms with Gasteiger partial charge < -0.3 is 5.32 Å². The molecule has 1 aliphatic heterocycles. The lowest BCUT2D eigenvalue weighted by Gasteiger charge is -2.23. The predicted molar refractivity (Wildman–Crippen MR) is 66.3 cm³/mol. The van der Waals surface area contributed by atoms with Crippen LogP contribution in [0.25, 0.3) is 5.57 Å². The summed E-state index contributed by atoms with van der Waals surface area (Å²) in [5.74, 6) is 0.732. The van der Waals surface area contributed by atoms with Gasteiger partial charge in [0.15, 0.2) is 0 Å². The lowest BCUT2D eigenvalue weighted by atomic mass is 9.91. The monoisotopic (exact) mass is 214 g/mol. The summed E-state index contributed by atoms with van der Waals surface area (Å²) in [6.07, 6.45) is 4.57. The van der Waals surface area contributed by atoms with Crippen molar-refractivity contribution < 1.29 is 0 Å². The Morgan fingerprint density at radius 2 is 2.38 bits per heavy atom. The van der Waals surface area contributed by atoms with Crippen molar-refractivity contribution in [3.8, 4) is 0 Å². The van der Waals surface area contributed by atoms with E-state index in [1.807, 2.05) is 6.20 Å². The number of nitrogens with one attached hydrogen (secondary N) is 1. The molecule has 1 aliphatic carbocycles. The van der Waals surface area contributed by atoms with E-state index in [4.69, 9.17) is 0 Å². The zero-order chi connectivity index (χ0) is 11.1. The fraction of sp³-hybridized carbons (Fsp3) is 0.500. The minimum Gasteiger partial charge on any atom is -0.316 e. The number of hydrogen-bond donors (Lipinski definition) is 1. The lowest BCUT2D eigenvalue weighted by Crippen LogP contribution is -2.30. The summed E-state index contributed by atoms with van der Waals surface area (Å²) in [7, 11) is 0. The maximum absolute atomic E-state index is 4.36. The van der Waals surface area contributed by atoms with E-state index in [9.17, 15) is 0 Å². The molecule has 2 aliphatic rings. The van der Waals surface area contributed by atoms with Crippen LogP contribution in [0.5, 0.6) is 0 Å². The highest BCUT2D eigenvalue weighted by atomic mass is 14.9. The molecule has 0 aromatic carbocycles. The Labute approximate surface area is 96.8 Å². The molecule has 3 rings (SSSR count). The van der Waals surface area contributed by atoms with Crippen LogP contribution in [-0.4, -0.2) is 18.1 Å². The molecule has 2 heterocycles. The van der Waals surface area contributed by atoms with Crippen LogP contribution in [0.2, 0.25) is 0 Å². The molecule has 84 valence electrons. The largest absolute Gasteiger partial charge is 0.316 e. The van der Waals surface area contributed by atoms with E-state index in [1.165, 1.54) is 41.8 Å². The Bertz CT molecular complexity index is 454. The average Bonchev–Trinajstić information content (AvgIpc) is 3.05. The van der Waals surface area contributed by atoms with Gasteiger partial charge in [-0.1, -0.05) is 5.57 Å². The number of aryl methyl sites for hydroxylation is 1. The van der Waals surface area contributed by atoms with Gasteiger partial charge in [-0.15, -0.1) is 0 Å². The number of piperidine rings is 1. The summed E-state index contributed by atoms with van der Waals surface area (Å²) in [5.41, 5.74) is 7.12. The van der Waals surface area contributed by atoms with Crippen LogP contribution in [0.3, 0.4) is 0 Å². The summed E-state index contributed by atoms with van der Waals surface area (Å²) in [6, 6.07) is 2.15. The van der Waals surface area contributed by atoms with E-state index in [-0.39, 0.29) is 0 Å². The highest BCUT2D eigenvalue weighted by Gasteiger charge is 2.32. The van der Waals surface area contributed by atoms with E-state index in [1.54, 1.807) is 5.57 Å². The first-order chi connectivity index (χ1) is 7.79. The van der Waals surface area contributed by atoms with Gasteiger partial charge in [0, 0.05) is 24.0 Å². The van der Waals surface area contributed by atoms with Gasteiger partial charge in [0.05, 0.1) is 0 Å². The summed E-state index contributed by atoms with van der Waals surface area (Å²) in [5, 5.41) is 3.49. The summed E-state index contributed by atoms with van der Waals surface area (Å²) in [4.78, 5) is 4.36. The fourth-order valence-corrected chi connectivity index (χ4v) is 2.87. The molecule has 0 bridgehead atoms. The predicted octanol–water partition coefficient (Wildman–Crippen LogP) is 2.52. The first-order valence-electron chi connectivity index (χ1n) is 6.17. The average molecular weight is 214 g/mol. The first-order valence-corrected chi connectivity index (χ1v) is 6.17. The van der Waals surface area contributed by atoms with Crippen LogP contribution >= 0.6 is 0 Å². The maximum atomic E-state index is 4.36. The number of pyridine rings is 1. The Hall–Kier alpha value is -1.15. The van der Waals surface area contributed by atoms with Crippen molar-refractivity contribution in [3.63, 3.8) is 0 Å². The quantitative estimate of drug-likeness (QED) is 0.789. The van der Waals surface area contributed by atoms with Gasteiger partial charge in [-0.2, -0.15) is 0 Å². The molecule has 0 saturated carbocycles. The number of nitrogens with zero attached hydrogens (tertiary/aromatic N) is 1. The van der Waals surface area contributed by atoms with Crippen molar-refractivity contribution in [2.75, 3.05) is 13.1 Å². The van der Waals surface area contributed by atoms with Crippen LogP contribution in [0.1, 0.15) is 36.6 Å². The van der Waals surface area contributed by atoms with Crippen molar-refractivity contribution in [1.82, 2.24) is 10.3 Å². The molecular formula is C14H18N2. The highest BCUT2D eigenvalue weighted by molar-refractivity contribution is 6.02. The second-order valence-corrected chi connectivity index (χ2v) is 4.92. The molecule has 1 aromatic heterocycles. The van der Waals surface area contributed by atoms with Gasteiger partial charge in [-0.05, 0) is 56.4 Å². The van der Waals surface area contributed by atoms with Crippen LogP contribution in [0.4, 0.5) is 0 Å². The molecule has 1 aromatic rings. The molecule has 1 saturated heterocycles. The van der Waals surface area contributed by atoms with Crippen LogP contribution in [-0.2, 0) is 0 Å². The Kier molecular flexibility index (Phi) is 2.32. The third-order valence-corrected chi connectivity index (χ3v) is 3.90. The van der Waals surface area contributed by atoms with Gasteiger partial charge in [0.25, 0.3) is 0 Å². The van der Waals surface area contributed by atoms with Gasteiger partial charge in [0.1, 0.15) is 0 Å². The highest BCUT2D eigenvalue weighted by Crippen LogP contribution is 2.47. The molecular weight excluding hydrogens is 196 g/mol. The van der Waals surface area contributed by atoms with E-state index in [2.05, 4.69) is 30.2 Å². The zero-order valence-electron chi connectivity index (χ0n) is 10.0. The number of hydrogen-bond acceptors (Lipinski definition) is 2. The molecule has 1 fully saturated rings. The van der Waals surface area contributed by atoms with Crippen LogP contribution in [0.15, 0.2) is 17.8 Å². The number of rotatable bonds is 1. The number of aromatic nitrogens is 1. The third-order valence-electron chi connectivity index (χ3n) is 3.90. The minimum absolute atomic E-state index is 0.732.